The van der Waals surface area contributed by atoms with Gasteiger partial charge in [0, 0.05) is 11.6 Å². The highest BCUT2D eigenvalue weighted by molar-refractivity contribution is 6.30. The van der Waals surface area contributed by atoms with Gasteiger partial charge in [-0.1, -0.05) is 54.1 Å². The first-order chi connectivity index (χ1) is 12.3. The number of carbonyl (C=O) groups excluding carboxylic acids is 2. The number of hydrogen-bond acceptors (Lipinski definition) is 2. The van der Waals surface area contributed by atoms with Gasteiger partial charge in [-0.15, -0.1) is 0 Å². The van der Waals surface area contributed by atoms with E-state index in [4.69, 9.17) is 11.6 Å². The summed E-state index contributed by atoms with van der Waals surface area (Å²) < 4.78 is 0. The van der Waals surface area contributed by atoms with Gasteiger partial charge in [0.25, 0.3) is 0 Å². The number of hydrogen-bond donors (Lipinski definition) is 2. The summed E-state index contributed by atoms with van der Waals surface area (Å²) in [4.78, 5) is 25.0. The number of halogens is 1. The number of rotatable bonds is 7. The number of amides is 2. The normalized spacial score (nSPS) is 12.3. The molecule has 0 radical (unpaired) electrons. The van der Waals surface area contributed by atoms with Crippen molar-refractivity contribution in [1.29, 1.82) is 0 Å². The Morgan fingerprint density at radius 3 is 2.23 bits per heavy atom. The van der Waals surface area contributed by atoms with Crippen LogP contribution < -0.4 is 10.6 Å². The molecule has 0 saturated carbocycles. The summed E-state index contributed by atoms with van der Waals surface area (Å²) in [5.41, 5.74) is 0.928. The van der Waals surface area contributed by atoms with E-state index in [0.29, 0.717) is 18.0 Å². The summed E-state index contributed by atoms with van der Waals surface area (Å²) >= 11 is 5.86. The molecule has 2 aromatic rings. The van der Waals surface area contributed by atoms with E-state index >= 15 is 0 Å². The van der Waals surface area contributed by atoms with E-state index in [-0.39, 0.29) is 17.9 Å². The smallest absolute Gasteiger partial charge is 0.235 e. The van der Waals surface area contributed by atoms with Gasteiger partial charge in [0.15, 0.2) is 0 Å². The monoisotopic (exact) mass is 372 g/mol. The third-order valence-electron chi connectivity index (χ3n) is 4.39. The Bertz CT molecular complexity index is 742. The Morgan fingerprint density at radius 1 is 1.00 bits per heavy atom. The van der Waals surface area contributed by atoms with Crippen LogP contribution in [-0.4, -0.2) is 18.4 Å². The minimum Gasteiger partial charge on any atom is -0.355 e. The molecule has 2 aromatic carbocycles. The molecule has 0 heterocycles. The highest BCUT2D eigenvalue weighted by atomic mass is 35.5. The molecule has 0 aliphatic heterocycles. The fourth-order valence-corrected chi connectivity index (χ4v) is 2.62. The molecule has 2 N–H and O–H groups in total. The lowest BCUT2D eigenvalue weighted by molar-refractivity contribution is -0.141. The summed E-state index contributed by atoms with van der Waals surface area (Å²) in [7, 11) is 0. The zero-order chi connectivity index (χ0) is 19.2. The molecule has 0 aliphatic rings. The predicted octanol–water partition coefficient (Wildman–Crippen LogP) is 3.90. The van der Waals surface area contributed by atoms with Crippen molar-refractivity contribution >= 4 is 23.4 Å². The molecule has 2 rings (SSSR count). The third kappa shape index (κ3) is 5.33. The van der Waals surface area contributed by atoms with Gasteiger partial charge in [-0.25, -0.2) is 0 Å². The van der Waals surface area contributed by atoms with E-state index in [1.807, 2.05) is 61.5 Å². The van der Waals surface area contributed by atoms with Crippen LogP contribution in [0.3, 0.4) is 0 Å². The highest BCUT2D eigenvalue weighted by Gasteiger charge is 2.36. The molecular weight excluding hydrogens is 348 g/mol. The molecule has 4 nitrogen and oxygen atoms in total. The lowest BCUT2D eigenvalue weighted by Crippen LogP contribution is -2.48. The second-order valence-corrected chi connectivity index (χ2v) is 7.30. The lowest BCUT2D eigenvalue weighted by Gasteiger charge is -2.25. The SMILES string of the molecule is CC(NC(=O)C(C)(C)C(=O)NCCc1ccc(Cl)cc1)c1ccccc1. The van der Waals surface area contributed by atoms with E-state index in [9.17, 15) is 9.59 Å². The van der Waals surface area contributed by atoms with Crippen LogP contribution in [0.4, 0.5) is 0 Å². The topological polar surface area (TPSA) is 58.2 Å². The fourth-order valence-electron chi connectivity index (χ4n) is 2.50. The molecule has 0 spiro atoms. The molecule has 26 heavy (non-hydrogen) atoms. The van der Waals surface area contributed by atoms with E-state index in [1.54, 1.807) is 13.8 Å². The number of carbonyl (C=O) groups is 2. The van der Waals surface area contributed by atoms with Gasteiger partial charge in [-0.05, 0) is 50.5 Å². The standard InChI is InChI=1S/C21H25ClN2O2/c1-15(17-7-5-4-6-8-17)24-20(26)21(2,3)19(25)23-14-13-16-9-11-18(22)12-10-16/h4-12,15H,13-14H2,1-3H3,(H,23,25)(H,24,26). The van der Waals surface area contributed by atoms with Crippen LogP contribution in [0.2, 0.25) is 5.02 Å². The van der Waals surface area contributed by atoms with Crippen molar-refractivity contribution in [3.05, 3.63) is 70.7 Å². The number of benzene rings is 2. The molecule has 0 aromatic heterocycles. The highest BCUT2D eigenvalue weighted by Crippen LogP contribution is 2.19. The Morgan fingerprint density at radius 2 is 1.62 bits per heavy atom. The summed E-state index contributed by atoms with van der Waals surface area (Å²) in [6.07, 6.45) is 0.682. The van der Waals surface area contributed by atoms with Gasteiger partial charge in [0.05, 0.1) is 6.04 Å². The summed E-state index contributed by atoms with van der Waals surface area (Å²) in [5.74, 6) is -0.581. The Balaban J connectivity index is 1.87. The molecule has 1 atom stereocenters. The van der Waals surface area contributed by atoms with Crippen molar-refractivity contribution in [2.45, 2.75) is 33.2 Å². The molecule has 0 aliphatic carbocycles. The van der Waals surface area contributed by atoms with E-state index in [2.05, 4.69) is 10.6 Å². The molecule has 0 saturated heterocycles. The lowest BCUT2D eigenvalue weighted by atomic mass is 9.90. The fraction of sp³-hybridized carbons (Fsp3) is 0.333. The molecular formula is C21H25ClN2O2. The van der Waals surface area contributed by atoms with Crippen LogP contribution in [0.1, 0.15) is 37.9 Å². The van der Waals surface area contributed by atoms with Crippen molar-refractivity contribution in [3.8, 4) is 0 Å². The van der Waals surface area contributed by atoms with Gasteiger partial charge in [0.1, 0.15) is 5.41 Å². The summed E-state index contributed by atoms with van der Waals surface area (Å²) in [5, 5.41) is 6.45. The van der Waals surface area contributed by atoms with Crippen LogP contribution >= 0.6 is 11.6 Å². The summed E-state index contributed by atoms with van der Waals surface area (Å²) in [6, 6.07) is 17.0. The average molecular weight is 373 g/mol. The first-order valence-corrected chi connectivity index (χ1v) is 9.07. The largest absolute Gasteiger partial charge is 0.355 e. The van der Waals surface area contributed by atoms with Crippen LogP contribution in [0, 0.1) is 5.41 Å². The first kappa shape index (κ1) is 20.0. The van der Waals surface area contributed by atoms with Crippen molar-refractivity contribution in [2.24, 2.45) is 5.41 Å². The average Bonchev–Trinajstić information content (AvgIpc) is 2.63. The van der Waals surface area contributed by atoms with Crippen molar-refractivity contribution in [3.63, 3.8) is 0 Å². The minimum atomic E-state index is -1.15. The molecule has 0 fully saturated rings. The van der Waals surface area contributed by atoms with Crippen molar-refractivity contribution in [1.82, 2.24) is 10.6 Å². The predicted molar refractivity (Wildman–Crippen MR) is 105 cm³/mol. The van der Waals surface area contributed by atoms with Gasteiger partial charge >= 0.3 is 0 Å². The van der Waals surface area contributed by atoms with E-state index < -0.39 is 5.41 Å². The number of nitrogens with one attached hydrogen (secondary N) is 2. The summed E-state index contributed by atoms with van der Waals surface area (Å²) in [6.45, 7) is 5.64. The van der Waals surface area contributed by atoms with Crippen LogP contribution in [0.25, 0.3) is 0 Å². The Kier molecular flexibility index (Phi) is 6.81. The third-order valence-corrected chi connectivity index (χ3v) is 4.65. The van der Waals surface area contributed by atoms with E-state index in [0.717, 1.165) is 11.1 Å². The second-order valence-electron chi connectivity index (χ2n) is 6.86. The molecule has 1 unspecified atom stereocenters. The maximum atomic E-state index is 12.6. The van der Waals surface area contributed by atoms with Crippen molar-refractivity contribution in [2.75, 3.05) is 6.54 Å². The van der Waals surface area contributed by atoms with Crippen LogP contribution in [0.5, 0.6) is 0 Å². The Labute approximate surface area is 159 Å². The minimum absolute atomic E-state index is 0.162. The Hall–Kier alpha value is -2.33. The maximum Gasteiger partial charge on any atom is 0.235 e. The zero-order valence-corrected chi connectivity index (χ0v) is 16.1. The van der Waals surface area contributed by atoms with Crippen molar-refractivity contribution < 1.29 is 9.59 Å². The van der Waals surface area contributed by atoms with Crippen LogP contribution in [0.15, 0.2) is 54.6 Å². The van der Waals surface area contributed by atoms with Gasteiger partial charge in [-0.3, -0.25) is 9.59 Å². The van der Waals surface area contributed by atoms with Crippen LogP contribution in [-0.2, 0) is 16.0 Å². The molecule has 5 heteroatoms. The quantitative estimate of drug-likeness (QED) is 0.724. The maximum absolute atomic E-state index is 12.6. The van der Waals surface area contributed by atoms with Gasteiger partial charge in [0.2, 0.25) is 11.8 Å². The first-order valence-electron chi connectivity index (χ1n) is 8.69. The van der Waals surface area contributed by atoms with E-state index in [1.165, 1.54) is 0 Å². The zero-order valence-electron chi connectivity index (χ0n) is 15.4. The molecule has 138 valence electrons. The second kappa shape index (κ2) is 8.86. The van der Waals surface area contributed by atoms with Gasteiger partial charge in [-0.2, -0.15) is 0 Å². The molecule has 2 amide bonds. The van der Waals surface area contributed by atoms with Gasteiger partial charge < -0.3 is 10.6 Å². The molecule has 0 bridgehead atoms.